The second-order valence-electron chi connectivity index (χ2n) is 3.13. The van der Waals surface area contributed by atoms with Crippen LogP contribution in [-0.4, -0.2) is 30.4 Å². The number of alkyl halides is 4. The van der Waals surface area contributed by atoms with Crippen molar-refractivity contribution in [3.05, 3.63) is 29.8 Å². The number of ether oxygens (including phenoxy) is 1. The van der Waals surface area contributed by atoms with Crippen LogP contribution in [0.2, 0.25) is 0 Å². The number of oxime groups is 1. The van der Waals surface area contributed by atoms with E-state index in [-0.39, 0.29) is 11.3 Å². The Morgan fingerprint density at radius 3 is 2.59 bits per heavy atom. The molecule has 0 spiro atoms. The summed E-state index contributed by atoms with van der Waals surface area (Å²) in [5.74, 6) is -4.28. The van der Waals surface area contributed by atoms with Gasteiger partial charge in [-0.3, -0.25) is 0 Å². The maximum Gasteiger partial charge on any atom is 0.340 e. The maximum atomic E-state index is 12.6. The van der Waals surface area contributed by atoms with E-state index in [4.69, 9.17) is 5.21 Å². The first-order valence-corrected chi connectivity index (χ1v) is 4.52. The van der Waals surface area contributed by atoms with Gasteiger partial charge in [0.15, 0.2) is 6.61 Å². The first-order chi connectivity index (χ1) is 7.97. The van der Waals surface area contributed by atoms with Gasteiger partial charge in [-0.25, -0.2) is 8.78 Å². The van der Waals surface area contributed by atoms with Crippen LogP contribution in [0.5, 0.6) is 5.75 Å². The Balaban J connectivity index is 2.76. The van der Waals surface area contributed by atoms with Crippen LogP contribution in [0.4, 0.5) is 17.6 Å². The van der Waals surface area contributed by atoms with Gasteiger partial charge < -0.3 is 9.94 Å². The maximum absolute atomic E-state index is 12.6. The molecule has 94 valence electrons. The summed E-state index contributed by atoms with van der Waals surface area (Å²) in [6.07, 6.45) is -2.84. The summed E-state index contributed by atoms with van der Waals surface area (Å²) in [6, 6.07) is 5.76. The van der Waals surface area contributed by atoms with Crippen LogP contribution in [0, 0.1) is 0 Å². The second kappa shape index (κ2) is 5.51. The molecule has 0 saturated carbocycles. The molecule has 0 aliphatic carbocycles. The van der Waals surface area contributed by atoms with E-state index in [2.05, 4.69) is 9.89 Å². The van der Waals surface area contributed by atoms with Gasteiger partial charge in [0.05, 0.1) is 6.21 Å². The highest BCUT2D eigenvalue weighted by atomic mass is 19.3. The highest BCUT2D eigenvalue weighted by Crippen LogP contribution is 2.25. The molecule has 0 aromatic heterocycles. The molecule has 1 aromatic carbocycles. The van der Waals surface area contributed by atoms with Crippen molar-refractivity contribution in [1.82, 2.24) is 0 Å². The van der Waals surface area contributed by atoms with Crippen LogP contribution in [0.3, 0.4) is 0 Å². The quantitative estimate of drug-likeness (QED) is 0.378. The van der Waals surface area contributed by atoms with Crippen molar-refractivity contribution in [3.63, 3.8) is 0 Å². The summed E-state index contributed by atoms with van der Waals surface area (Å²) in [5.41, 5.74) is 0.208. The van der Waals surface area contributed by atoms with Crippen molar-refractivity contribution >= 4 is 6.21 Å². The summed E-state index contributed by atoms with van der Waals surface area (Å²) in [7, 11) is 0. The lowest BCUT2D eigenvalue weighted by Crippen LogP contribution is -2.33. The van der Waals surface area contributed by atoms with Gasteiger partial charge in [0.25, 0.3) is 0 Å². The fraction of sp³-hybridized carbons (Fsp3) is 0.300. The first-order valence-electron chi connectivity index (χ1n) is 4.52. The Hall–Kier alpha value is -1.79. The normalized spacial score (nSPS) is 12.3. The lowest BCUT2D eigenvalue weighted by atomic mass is 10.2. The summed E-state index contributed by atoms with van der Waals surface area (Å²) in [5, 5.41) is 11.0. The van der Waals surface area contributed by atoms with Crippen LogP contribution in [0.1, 0.15) is 5.56 Å². The van der Waals surface area contributed by atoms with Crippen molar-refractivity contribution in [2.45, 2.75) is 12.3 Å². The minimum atomic E-state index is -4.22. The summed E-state index contributed by atoms with van der Waals surface area (Å²) in [6.45, 7) is -1.44. The van der Waals surface area contributed by atoms with Crippen LogP contribution in [0.15, 0.2) is 29.4 Å². The lowest BCUT2D eigenvalue weighted by molar-refractivity contribution is -0.148. The molecule has 7 heteroatoms. The van der Waals surface area contributed by atoms with E-state index in [1.54, 1.807) is 6.07 Å². The highest BCUT2D eigenvalue weighted by Gasteiger charge is 2.41. The molecule has 0 unspecified atom stereocenters. The Morgan fingerprint density at radius 2 is 2.00 bits per heavy atom. The molecule has 0 aliphatic heterocycles. The Labute approximate surface area is 94.3 Å². The number of halogens is 4. The van der Waals surface area contributed by atoms with E-state index in [0.717, 1.165) is 6.21 Å². The van der Waals surface area contributed by atoms with Gasteiger partial charge in [0, 0.05) is 5.56 Å². The first kappa shape index (κ1) is 13.3. The third-order valence-electron chi connectivity index (χ3n) is 1.86. The minimum absolute atomic E-state index is 0.0642. The predicted molar refractivity (Wildman–Crippen MR) is 52.3 cm³/mol. The van der Waals surface area contributed by atoms with Crippen LogP contribution >= 0.6 is 0 Å². The molecule has 0 amide bonds. The molecule has 0 saturated heterocycles. The van der Waals surface area contributed by atoms with E-state index in [1.165, 1.54) is 18.2 Å². The summed E-state index contributed by atoms with van der Waals surface area (Å²) in [4.78, 5) is 0. The SMILES string of the molecule is ON=Cc1ccccc1OCC(F)(F)C(F)F. The molecule has 0 heterocycles. The van der Waals surface area contributed by atoms with Gasteiger partial charge >= 0.3 is 12.3 Å². The zero-order valence-corrected chi connectivity index (χ0v) is 8.49. The monoisotopic (exact) mass is 251 g/mol. The van der Waals surface area contributed by atoms with Crippen molar-refractivity contribution in [1.29, 1.82) is 0 Å². The molecule has 1 N–H and O–H groups in total. The zero-order chi connectivity index (χ0) is 12.9. The largest absolute Gasteiger partial charge is 0.486 e. The third kappa shape index (κ3) is 3.61. The van der Waals surface area contributed by atoms with Crippen LogP contribution in [-0.2, 0) is 0 Å². The van der Waals surface area contributed by atoms with Gasteiger partial charge in [-0.1, -0.05) is 17.3 Å². The molecule has 1 aromatic rings. The average Bonchev–Trinajstić information content (AvgIpc) is 2.28. The van der Waals surface area contributed by atoms with Gasteiger partial charge in [-0.15, -0.1) is 0 Å². The fourth-order valence-corrected chi connectivity index (χ4v) is 1.02. The van der Waals surface area contributed by atoms with Crippen molar-refractivity contribution in [3.8, 4) is 5.75 Å². The molecule has 0 atom stereocenters. The molecular formula is C10H9F4NO2. The minimum Gasteiger partial charge on any atom is -0.486 e. The Bertz CT molecular complexity index is 396. The molecule has 0 radical (unpaired) electrons. The van der Waals surface area contributed by atoms with Gasteiger partial charge in [0.1, 0.15) is 5.75 Å². The van der Waals surface area contributed by atoms with E-state index < -0.39 is 19.0 Å². The standard InChI is InChI=1S/C10H9F4NO2/c11-9(12)10(13,14)6-17-8-4-2-1-3-7(8)5-15-16/h1-5,9,16H,6H2. The van der Waals surface area contributed by atoms with E-state index in [9.17, 15) is 17.6 Å². The molecule has 0 fully saturated rings. The number of rotatable bonds is 5. The van der Waals surface area contributed by atoms with Crippen molar-refractivity contribution in [2.24, 2.45) is 5.16 Å². The van der Waals surface area contributed by atoms with Gasteiger partial charge in [0.2, 0.25) is 0 Å². The van der Waals surface area contributed by atoms with Crippen LogP contribution < -0.4 is 4.74 Å². The molecule has 0 bridgehead atoms. The average molecular weight is 251 g/mol. The number of hydrogen-bond donors (Lipinski definition) is 1. The van der Waals surface area contributed by atoms with E-state index in [1.807, 2.05) is 0 Å². The van der Waals surface area contributed by atoms with E-state index >= 15 is 0 Å². The number of benzene rings is 1. The summed E-state index contributed by atoms with van der Waals surface area (Å²) < 4.78 is 53.5. The molecule has 1 rings (SSSR count). The molecular weight excluding hydrogens is 242 g/mol. The van der Waals surface area contributed by atoms with Gasteiger partial charge in [-0.2, -0.15) is 8.78 Å². The second-order valence-corrected chi connectivity index (χ2v) is 3.13. The van der Waals surface area contributed by atoms with Crippen molar-refractivity contribution in [2.75, 3.05) is 6.61 Å². The smallest absolute Gasteiger partial charge is 0.340 e. The Morgan fingerprint density at radius 1 is 1.35 bits per heavy atom. The number of hydrogen-bond acceptors (Lipinski definition) is 3. The van der Waals surface area contributed by atoms with Crippen LogP contribution in [0.25, 0.3) is 0 Å². The fourth-order valence-electron chi connectivity index (χ4n) is 1.02. The topological polar surface area (TPSA) is 41.8 Å². The number of nitrogens with zero attached hydrogens (tertiary/aromatic N) is 1. The predicted octanol–water partition coefficient (Wildman–Crippen LogP) is 2.77. The molecule has 0 aliphatic rings. The Kier molecular flexibility index (Phi) is 4.30. The van der Waals surface area contributed by atoms with Crippen molar-refractivity contribution < 1.29 is 27.5 Å². The van der Waals surface area contributed by atoms with Gasteiger partial charge in [-0.05, 0) is 12.1 Å². The third-order valence-corrected chi connectivity index (χ3v) is 1.86. The molecule has 17 heavy (non-hydrogen) atoms. The highest BCUT2D eigenvalue weighted by molar-refractivity contribution is 5.82. The number of para-hydroxylation sites is 1. The van der Waals surface area contributed by atoms with E-state index in [0.29, 0.717) is 0 Å². The summed E-state index contributed by atoms with van der Waals surface area (Å²) >= 11 is 0. The lowest BCUT2D eigenvalue weighted by Gasteiger charge is -2.16. The zero-order valence-electron chi connectivity index (χ0n) is 8.49. The molecule has 3 nitrogen and oxygen atoms in total.